The number of amides is 1. The van der Waals surface area contributed by atoms with E-state index < -0.39 is 0 Å². The summed E-state index contributed by atoms with van der Waals surface area (Å²) < 4.78 is 24.4. The predicted octanol–water partition coefficient (Wildman–Crippen LogP) is 3.16. The maximum absolute atomic E-state index is 12.3. The second-order valence-electron chi connectivity index (χ2n) is 5.82. The number of benzene rings is 2. The molecule has 0 N–H and O–H groups in total. The van der Waals surface area contributed by atoms with E-state index in [1.807, 2.05) is 30.7 Å². The Labute approximate surface area is 166 Å². The Bertz CT molecular complexity index is 1040. The van der Waals surface area contributed by atoms with Gasteiger partial charge in [0, 0.05) is 19.2 Å². The summed E-state index contributed by atoms with van der Waals surface area (Å²) in [7, 11) is 5.03. The highest BCUT2D eigenvalue weighted by Gasteiger charge is 2.11. The minimum Gasteiger partial charge on any atom is -0.494 e. The van der Waals surface area contributed by atoms with Crippen LogP contribution in [0.4, 0.5) is 0 Å². The summed E-state index contributed by atoms with van der Waals surface area (Å²) in [4.78, 5) is 17.0. The van der Waals surface area contributed by atoms with Gasteiger partial charge in [0.1, 0.15) is 11.5 Å². The Balaban J connectivity index is 1.77. The van der Waals surface area contributed by atoms with E-state index in [1.54, 1.807) is 38.5 Å². The van der Waals surface area contributed by atoms with Gasteiger partial charge in [0.15, 0.2) is 22.9 Å². The smallest absolute Gasteiger partial charge is 0.286 e. The van der Waals surface area contributed by atoms with Gasteiger partial charge < -0.3 is 23.5 Å². The number of methoxy groups -OCH3 is 2. The molecule has 8 heteroatoms. The summed E-state index contributed by atoms with van der Waals surface area (Å²) in [5.74, 6) is 2.24. The highest BCUT2D eigenvalue weighted by molar-refractivity contribution is 7.16. The van der Waals surface area contributed by atoms with Crippen molar-refractivity contribution in [1.29, 1.82) is 0 Å². The fourth-order valence-corrected chi connectivity index (χ4v) is 3.69. The molecule has 148 valence electrons. The maximum atomic E-state index is 12.3. The molecule has 0 atom stereocenters. The van der Waals surface area contributed by atoms with Crippen LogP contribution in [0, 0.1) is 0 Å². The predicted molar refractivity (Wildman–Crippen MR) is 108 cm³/mol. The molecular weight excluding hydrogens is 380 g/mol. The van der Waals surface area contributed by atoms with Crippen LogP contribution < -0.4 is 23.7 Å². The molecule has 3 rings (SSSR count). The summed E-state index contributed by atoms with van der Waals surface area (Å²) in [5, 5.41) is 0. The zero-order chi connectivity index (χ0) is 20.1. The number of fused-ring (bicyclic) bond motifs is 1. The third-order valence-corrected chi connectivity index (χ3v) is 5.13. The second kappa shape index (κ2) is 8.79. The summed E-state index contributed by atoms with van der Waals surface area (Å²) in [5.41, 5.74) is 0.904. The van der Waals surface area contributed by atoms with Crippen LogP contribution in [0.3, 0.4) is 0 Å². The van der Waals surface area contributed by atoms with Gasteiger partial charge in [-0.3, -0.25) is 4.79 Å². The lowest BCUT2D eigenvalue weighted by atomic mass is 10.3. The molecule has 0 saturated heterocycles. The maximum Gasteiger partial charge on any atom is 0.286 e. The molecule has 0 radical (unpaired) electrons. The molecular formula is C20H22N2O5S. The highest BCUT2D eigenvalue weighted by Crippen LogP contribution is 2.33. The minimum atomic E-state index is -0.366. The molecule has 0 fully saturated rings. The number of aromatic nitrogens is 1. The number of aryl methyl sites for hydroxylation is 1. The number of ether oxygens (including phenoxy) is 4. The van der Waals surface area contributed by atoms with E-state index in [-0.39, 0.29) is 12.5 Å². The normalized spacial score (nSPS) is 11.5. The van der Waals surface area contributed by atoms with E-state index in [1.165, 1.54) is 11.3 Å². The molecule has 3 aromatic rings. The summed E-state index contributed by atoms with van der Waals surface area (Å²) >= 11 is 1.40. The van der Waals surface area contributed by atoms with Crippen molar-refractivity contribution in [3.63, 3.8) is 0 Å². The van der Waals surface area contributed by atoms with Crippen LogP contribution in [0.1, 0.15) is 6.92 Å². The lowest BCUT2D eigenvalue weighted by Gasteiger charge is -2.07. The van der Waals surface area contributed by atoms with Crippen molar-refractivity contribution < 1.29 is 23.7 Å². The van der Waals surface area contributed by atoms with Crippen molar-refractivity contribution in [1.82, 2.24) is 4.57 Å². The van der Waals surface area contributed by atoms with Crippen LogP contribution in [0.25, 0.3) is 10.2 Å². The Kier molecular flexibility index (Phi) is 6.20. The summed E-state index contributed by atoms with van der Waals surface area (Å²) in [6.07, 6.45) is 0. The van der Waals surface area contributed by atoms with Gasteiger partial charge in [0.2, 0.25) is 0 Å². The van der Waals surface area contributed by atoms with Crippen LogP contribution in [-0.2, 0) is 11.8 Å². The molecule has 28 heavy (non-hydrogen) atoms. The second-order valence-corrected chi connectivity index (χ2v) is 6.83. The largest absolute Gasteiger partial charge is 0.494 e. The third kappa shape index (κ3) is 4.28. The lowest BCUT2D eigenvalue weighted by molar-refractivity contribution is -0.120. The van der Waals surface area contributed by atoms with Gasteiger partial charge in [-0.2, -0.15) is 4.99 Å². The Hall–Kier alpha value is -3.00. The van der Waals surface area contributed by atoms with Crippen molar-refractivity contribution in [2.75, 3.05) is 27.4 Å². The number of thiazole rings is 1. The first-order valence-electron chi connectivity index (χ1n) is 8.70. The molecule has 2 aromatic carbocycles. The molecule has 0 unspecified atom stereocenters. The average molecular weight is 402 g/mol. The van der Waals surface area contributed by atoms with Crippen LogP contribution >= 0.6 is 11.3 Å². The standard InChI is InChI=1S/C20H22N2O5S/c1-5-26-13-6-8-14(9-7-13)27-12-19(23)21-20-22(2)15-10-16(24-3)17(25-4)11-18(15)28-20/h6-11H,5,12H2,1-4H3. The van der Waals surface area contributed by atoms with Gasteiger partial charge in [-0.05, 0) is 31.2 Å². The first-order valence-corrected chi connectivity index (χ1v) is 9.52. The molecule has 0 aliphatic rings. The first kappa shape index (κ1) is 19.8. The fraction of sp³-hybridized carbons (Fsp3) is 0.300. The number of carbonyl (C=O) groups excluding carboxylic acids is 1. The number of carbonyl (C=O) groups is 1. The minimum absolute atomic E-state index is 0.144. The Morgan fingerprint density at radius 3 is 2.25 bits per heavy atom. The van der Waals surface area contributed by atoms with Crippen molar-refractivity contribution in [3.05, 3.63) is 41.2 Å². The van der Waals surface area contributed by atoms with Crippen molar-refractivity contribution in [2.45, 2.75) is 6.92 Å². The third-order valence-electron chi connectivity index (χ3n) is 4.03. The number of rotatable bonds is 7. The first-order chi connectivity index (χ1) is 13.5. The highest BCUT2D eigenvalue weighted by atomic mass is 32.1. The quantitative estimate of drug-likeness (QED) is 0.607. The van der Waals surface area contributed by atoms with E-state index in [2.05, 4.69) is 4.99 Å². The molecule has 1 amide bonds. The molecule has 1 aromatic heterocycles. The van der Waals surface area contributed by atoms with Crippen molar-refractivity contribution >= 4 is 27.5 Å². The van der Waals surface area contributed by atoms with Gasteiger partial charge in [-0.25, -0.2) is 0 Å². The van der Waals surface area contributed by atoms with Gasteiger partial charge in [-0.1, -0.05) is 11.3 Å². The number of hydrogen-bond donors (Lipinski definition) is 0. The molecule has 1 heterocycles. The van der Waals surface area contributed by atoms with E-state index in [0.717, 1.165) is 16.0 Å². The van der Waals surface area contributed by atoms with Crippen LogP contribution in [0.5, 0.6) is 23.0 Å². The van der Waals surface area contributed by atoms with Crippen LogP contribution in [-0.4, -0.2) is 37.9 Å². The fourth-order valence-electron chi connectivity index (χ4n) is 2.64. The SMILES string of the molecule is CCOc1ccc(OCC(=O)N=c2sc3cc(OC)c(OC)cc3n2C)cc1. The van der Waals surface area contributed by atoms with E-state index in [0.29, 0.717) is 28.7 Å². The zero-order valence-corrected chi connectivity index (χ0v) is 17.0. The van der Waals surface area contributed by atoms with Crippen molar-refractivity contribution in [3.8, 4) is 23.0 Å². The summed E-state index contributed by atoms with van der Waals surface area (Å²) in [6, 6.07) is 10.9. The molecule has 0 aliphatic carbocycles. The van der Waals surface area contributed by atoms with Gasteiger partial charge >= 0.3 is 0 Å². The van der Waals surface area contributed by atoms with Gasteiger partial charge in [0.05, 0.1) is 31.0 Å². The topological polar surface area (TPSA) is 71.3 Å². The van der Waals surface area contributed by atoms with Crippen molar-refractivity contribution in [2.24, 2.45) is 12.0 Å². The lowest BCUT2D eigenvalue weighted by Crippen LogP contribution is -2.17. The number of nitrogens with zero attached hydrogens (tertiary/aromatic N) is 2. The zero-order valence-electron chi connectivity index (χ0n) is 16.2. The Morgan fingerprint density at radius 2 is 1.64 bits per heavy atom. The van der Waals surface area contributed by atoms with E-state index in [4.69, 9.17) is 18.9 Å². The average Bonchev–Trinajstić information content (AvgIpc) is 3.01. The van der Waals surface area contributed by atoms with Gasteiger partial charge in [0.25, 0.3) is 5.91 Å². The van der Waals surface area contributed by atoms with E-state index in [9.17, 15) is 4.79 Å². The molecule has 0 bridgehead atoms. The Morgan fingerprint density at radius 1 is 1.04 bits per heavy atom. The molecule has 0 saturated carbocycles. The monoisotopic (exact) mass is 402 g/mol. The molecule has 7 nitrogen and oxygen atoms in total. The number of hydrogen-bond acceptors (Lipinski definition) is 6. The van der Waals surface area contributed by atoms with E-state index >= 15 is 0 Å². The molecule has 0 spiro atoms. The van der Waals surface area contributed by atoms with Crippen LogP contribution in [0.15, 0.2) is 41.4 Å². The van der Waals surface area contributed by atoms with Gasteiger partial charge in [-0.15, -0.1) is 0 Å². The van der Waals surface area contributed by atoms with Crippen LogP contribution in [0.2, 0.25) is 0 Å². The summed E-state index contributed by atoms with van der Waals surface area (Å²) in [6.45, 7) is 2.38. The molecule has 0 aliphatic heterocycles.